The molecule has 0 bridgehead atoms. The van der Waals surface area contributed by atoms with Gasteiger partial charge < -0.3 is 16.4 Å². The Morgan fingerprint density at radius 2 is 1.80 bits per heavy atom. The van der Waals surface area contributed by atoms with Crippen molar-refractivity contribution < 1.29 is 4.79 Å². The number of nitrogens with zero attached hydrogens (tertiary/aromatic N) is 1. The lowest BCUT2D eigenvalue weighted by Gasteiger charge is -2.14. The molecule has 0 heterocycles. The van der Waals surface area contributed by atoms with Gasteiger partial charge in [0.05, 0.1) is 0 Å². The molecule has 0 atom stereocenters. The predicted molar refractivity (Wildman–Crippen MR) is 105 cm³/mol. The van der Waals surface area contributed by atoms with Crippen LogP contribution in [0.4, 0.5) is 0 Å². The average Bonchev–Trinajstić information content (AvgIpc) is 2.63. The van der Waals surface area contributed by atoms with Crippen LogP contribution >= 0.6 is 11.8 Å². The van der Waals surface area contributed by atoms with Crippen molar-refractivity contribution in [1.29, 1.82) is 0 Å². The van der Waals surface area contributed by atoms with Gasteiger partial charge in [-0.25, -0.2) is 0 Å². The van der Waals surface area contributed by atoms with Gasteiger partial charge >= 0.3 is 0 Å². The molecule has 0 unspecified atom stereocenters. The normalized spacial score (nSPS) is 11.2. The van der Waals surface area contributed by atoms with Crippen LogP contribution in [0.2, 0.25) is 0 Å². The molecule has 0 saturated carbocycles. The molecule has 132 valence electrons. The monoisotopic (exact) mass is 356 g/mol. The van der Waals surface area contributed by atoms with Crippen molar-refractivity contribution in [3.63, 3.8) is 0 Å². The average molecular weight is 356 g/mol. The van der Waals surface area contributed by atoms with Crippen LogP contribution in [0.1, 0.15) is 27.0 Å². The lowest BCUT2D eigenvalue weighted by molar-refractivity contribution is 0.100. The second kappa shape index (κ2) is 9.13. The Morgan fingerprint density at radius 3 is 2.40 bits per heavy atom. The van der Waals surface area contributed by atoms with Crippen molar-refractivity contribution >= 4 is 23.6 Å². The van der Waals surface area contributed by atoms with Crippen LogP contribution in [-0.4, -0.2) is 25.2 Å². The van der Waals surface area contributed by atoms with Crippen molar-refractivity contribution in [2.45, 2.75) is 24.9 Å². The second-order valence-electron chi connectivity index (χ2n) is 5.66. The minimum Gasteiger partial charge on any atom is -0.366 e. The van der Waals surface area contributed by atoms with Crippen LogP contribution in [0.5, 0.6) is 0 Å². The van der Waals surface area contributed by atoms with Gasteiger partial charge in [-0.1, -0.05) is 24.3 Å². The molecule has 4 N–H and O–H groups in total. The third-order valence-electron chi connectivity index (χ3n) is 3.81. The zero-order valence-corrected chi connectivity index (χ0v) is 15.6. The second-order valence-corrected chi connectivity index (χ2v) is 6.50. The molecule has 0 aromatic heterocycles. The van der Waals surface area contributed by atoms with E-state index in [1.807, 2.05) is 12.1 Å². The highest BCUT2D eigenvalue weighted by Crippen LogP contribution is 2.21. The molecular weight excluding hydrogens is 332 g/mol. The topological polar surface area (TPSA) is 79.5 Å². The fourth-order valence-electron chi connectivity index (χ4n) is 2.37. The molecular formula is C19H24N4OS. The van der Waals surface area contributed by atoms with Crippen molar-refractivity contribution in [3.8, 4) is 0 Å². The highest BCUT2D eigenvalue weighted by atomic mass is 32.2. The lowest BCUT2D eigenvalue weighted by atomic mass is 10.1. The van der Waals surface area contributed by atoms with Gasteiger partial charge in [0.1, 0.15) is 0 Å². The van der Waals surface area contributed by atoms with Crippen LogP contribution in [0, 0.1) is 6.92 Å². The first-order valence-corrected chi connectivity index (χ1v) is 9.22. The van der Waals surface area contributed by atoms with E-state index in [-0.39, 0.29) is 0 Å². The third kappa shape index (κ3) is 5.53. The summed E-state index contributed by atoms with van der Waals surface area (Å²) in [5.74, 6) is 0.311. The number of benzene rings is 2. The number of hydrogen-bond acceptors (Lipinski definition) is 3. The minimum absolute atomic E-state index is 0.417. The summed E-state index contributed by atoms with van der Waals surface area (Å²) in [5.41, 5.74) is 9.31. The summed E-state index contributed by atoms with van der Waals surface area (Å²) in [5, 5.41) is 6.60. The first-order chi connectivity index (χ1) is 12.0. The molecule has 1 amide bonds. The summed E-state index contributed by atoms with van der Waals surface area (Å²) in [7, 11) is 1.75. The maximum Gasteiger partial charge on any atom is 0.248 e. The highest BCUT2D eigenvalue weighted by Gasteiger charge is 2.05. The summed E-state index contributed by atoms with van der Waals surface area (Å²) in [6, 6.07) is 13.7. The fraction of sp³-hybridized carbons (Fsp3) is 0.263. The van der Waals surface area contributed by atoms with Crippen LogP contribution in [-0.2, 0) is 13.1 Å². The number of rotatable bonds is 6. The van der Waals surface area contributed by atoms with E-state index in [1.165, 1.54) is 16.0 Å². The number of thioether (sulfide) groups is 1. The van der Waals surface area contributed by atoms with Gasteiger partial charge in [-0.3, -0.25) is 9.79 Å². The Balaban J connectivity index is 1.92. The van der Waals surface area contributed by atoms with Gasteiger partial charge in [0.2, 0.25) is 5.91 Å². The zero-order valence-electron chi connectivity index (χ0n) is 14.8. The van der Waals surface area contributed by atoms with Crippen molar-refractivity contribution in [3.05, 3.63) is 64.7 Å². The highest BCUT2D eigenvalue weighted by molar-refractivity contribution is 7.98. The standard InChI is InChI=1S/C19H24N4OS/c1-13-4-7-16(17(10-13)25-3)12-23-19(21-2)22-11-14-5-8-15(9-6-14)18(20)24/h4-10H,11-12H2,1-3H3,(H2,20,24)(H2,21,22,23). The van der Waals surface area contributed by atoms with E-state index in [9.17, 15) is 4.79 Å². The van der Waals surface area contributed by atoms with Gasteiger partial charge in [0.25, 0.3) is 0 Å². The summed E-state index contributed by atoms with van der Waals surface area (Å²) >= 11 is 1.74. The van der Waals surface area contributed by atoms with Gasteiger partial charge in [-0.05, 0) is 48.1 Å². The van der Waals surface area contributed by atoms with Gasteiger partial charge in [-0.15, -0.1) is 11.8 Å². The van der Waals surface area contributed by atoms with E-state index in [1.54, 1.807) is 30.9 Å². The number of primary amides is 1. The summed E-state index contributed by atoms with van der Waals surface area (Å²) < 4.78 is 0. The zero-order chi connectivity index (χ0) is 18.2. The van der Waals surface area contributed by atoms with Gasteiger partial charge in [-0.2, -0.15) is 0 Å². The molecule has 2 rings (SSSR count). The molecule has 2 aromatic rings. The molecule has 0 aliphatic carbocycles. The Labute approximate surface area is 153 Å². The lowest BCUT2D eigenvalue weighted by Crippen LogP contribution is -2.36. The van der Waals surface area contributed by atoms with E-state index < -0.39 is 5.91 Å². The molecule has 0 saturated heterocycles. The minimum atomic E-state index is -0.417. The maximum absolute atomic E-state index is 11.1. The van der Waals surface area contributed by atoms with Crippen LogP contribution < -0.4 is 16.4 Å². The van der Waals surface area contributed by atoms with Crippen molar-refractivity contribution in [1.82, 2.24) is 10.6 Å². The quantitative estimate of drug-likeness (QED) is 0.422. The molecule has 0 radical (unpaired) electrons. The first kappa shape index (κ1) is 18.9. The van der Waals surface area contributed by atoms with Gasteiger partial charge in [0, 0.05) is 30.6 Å². The number of aryl methyl sites for hydroxylation is 1. The number of nitrogens with two attached hydrogens (primary N) is 1. The molecule has 0 aliphatic rings. The predicted octanol–water partition coefficient (Wildman–Crippen LogP) is 2.68. The number of hydrogen-bond donors (Lipinski definition) is 3. The van der Waals surface area contributed by atoms with Crippen LogP contribution in [0.3, 0.4) is 0 Å². The molecule has 0 fully saturated rings. The largest absolute Gasteiger partial charge is 0.366 e. The number of amides is 1. The Bertz CT molecular complexity index is 757. The number of carbonyl (C=O) groups excluding carboxylic acids is 1. The number of guanidine groups is 1. The summed E-state index contributed by atoms with van der Waals surface area (Å²) in [6.45, 7) is 3.42. The summed E-state index contributed by atoms with van der Waals surface area (Å²) in [4.78, 5) is 16.6. The van der Waals surface area contributed by atoms with Crippen LogP contribution in [0.15, 0.2) is 52.4 Å². The Hall–Kier alpha value is -2.47. The van der Waals surface area contributed by atoms with E-state index in [0.717, 1.165) is 11.5 Å². The van der Waals surface area contributed by atoms with Gasteiger partial charge in [0.15, 0.2) is 5.96 Å². The number of nitrogens with one attached hydrogen (secondary N) is 2. The molecule has 25 heavy (non-hydrogen) atoms. The number of aliphatic imine (C=N–C) groups is 1. The molecule has 5 nitrogen and oxygen atoms in total. The van der Waals surface area contributed by atoms with E-state index >= 15 is 0 Å². The molecule has 0 aliphatic heterocycles. The SMILES string of the molecule is CN=C(NCc1ccc(C(N)=O)cc1)NCc1ccc(C)cc1SC. The maximum atomic E-state index is 11.1. The van der Waals surface area contributed by atoms with Crippen molar-refractivity contribution in [2.75, 3.05) is 13.3 Å². The third-order valence-corrected chi connectivity index (χ3v) is 4.63. The van der Waals surface area contributed by atoms with E-state index in [2.05, 4.69) is 47.0 Å². The Morgan fingerprint density at radius 1 is 1.12 bits per heavy atom. The molecule has 2 aromatic carbocycles. The van der Waals surface area contributed by atoms with Crippen molar-refractivity contribution in [2.24, 2.45) is 10.7 Å². The van der Waals surface area contributed by atoms with E-state index in [0.29, 0.717) is 18.7 Å². The van der Waals surface area contributed by atoms with Crippen LogP contribution in [0.25, 0.3) is 0 Å². The fourth-order valence-corrected chi connectivity index (χ4v) is 3.08. The Kier molecular flexibility index (Phi) is 6.89. The smallest absolute Gasteiger partial charge is 0.248 e. The first-order valence-electron chi connectivity index (χ1n) is 8.00. The molecule has 6 heteroatoms. The molecule has 0 spiro atoms. The number of carbonyl (C=O) groups is 1. The van der Waals surface area contributed by atoms with E-state index in [4.69, 9.17) is 5.73 Å². The summed E-state index contributed by atoms with van der Waals surface area (Å²) in [6.07, 6.45) is 2.08.